The fraction of sp³-hybridized carbons (Fsp3) is 0.500. The van der Waals surface area contributed by atoms with Crippen molar-refractivity contribution >= 4 is 11.7 Å². The number of piperidine rings is 1. The molecule has 0 atom stereocenters. The van der Waals surface area contributed by atoms with Gasteiger partial charge >= 0.3 is 0 Å². The third-order valence-electron chi connectivity index (χ3n) is 4.71. The number of hydrogen-bond donors (Lipinski definition) is 1. The van der Waals surface area contributed by atoms with Crippen molar-refractivity contribution in [1.29, 1.82) is 0 Å². The van der Waals surface area contributed by atoms with Crippen LogP contribution in [-0.2, 0) is 6.54 Å². The molecule has 0 bridgehead atoms. The van der Waals surface area contributed by atoms with Gasteiger partial charge in [0.2, 0.25) is 0 Å². The molecular formula is C18H25N5O. The van der Waals surface area contributed by atoms with E-state index in [1.54, 1.807) is 18.3 Å². The van der Waals surface area contributed by atoms with Gasteiger partial charge in [0, 0.05) is 44.1 Å². The molecule has 3 rings (SSSR count). The fourth-order valence-corrected chi connectivity index (χ4v) is 3.39. The van der Waals surface area contributed by atoms with E-state index in [-0.39, 0.29) is 0 Å². The van der Waals surface area contributed by atoms with Gasteiger partial charge in [-0.25, -0.2) is 9.97 Å². The standard InChI is InChI=1S/C18H25N5O/c1-2-3-10-22-13-9-21-17(22)14-6-11-23(12-7-14)18-15(16(19)24)5-4-8-20-18/h4-5,8-9,13-14H,2-3,6-7,10-12H2,1H3,(H2,19,24). The van der Waals surface area contributed by atoms with Crippen molar-refractivity contribution in [3.63, 3.8) is 0 Å². The Hall–Kier alpha value is -2.37. The van der Waals surface area contributed by atoms with Gasteiger partial charge in [-0.2, -0.15) is 0 Å². The summed E-state index contributed by atoms with van der Waals surface area (Å²) in [7, 11) is 0. The van der Waals surface area contributed by atoms with Crippen LogP contribution in [0.5, 0.6) is 0 Å². The maximum absolute atomic E-state index is 11.6. The predicted molar refractivity (Wildman–Crippen MR) is 94.1 cm³/mol. The summed E-state index contributed by atoms with van der Waals surface area (Å²) in [5.41, 5.74) is 5.97. The molecule has 6 nitrogen and oxygen atoms in total. The number of rotatable bonds is 6. The van der Waals surface area contributed by atoms with Crippen LogP contribution >= 0.6 is 0 Å². The van der Waals surface area contributed by atoms with E-state index in [2.05, 4.69) is 32.6 Å². The zero-order valence-corrected chi connectivity index (χ0v) is 14.2. The van der Waals surface area contributed by atoms with Gasteiger partial charge in [0.05, 0.1) is 5.56 Å². The highest BCUT2D eigenvalue weighted by Gasteiger charge is 2.26. The third kappa shape index (κ3) is 3.42. The molecular weight excluding hydrogens is 302 g/mol. The first-order valence-corrected chi connectivity index (χ1v) is 8.71. The molecule has 0 aliphatic carbocycles. The van der Waals surface area contributed by atoms with Crippen LogP contribution in [0.25, 0.3) is 0 Å². The molecule has 0 unspecified atom stereocenters. The number of unbranched alkanes of at least 4 members (excludes halogenated alkanes) is 1. The van der Waals surface area contributed by atoms with Crippen LogP contribution in [0.2, 0.25) is 0 Å². The Morgan fingerprint density at radius 2 is 2.08 bits per heavy atom. The SMILES string of the molecule is CCCCn1ccnc1C1CCN(c2ncccc2C(N)=O)CC1. The van der Waals surface area contributed by atoms with Crippen LogP contribution in [0.3, 0.4) is 0 Å². The van der Waals surface area contributed by atoms with Crippen molar-refractivity contribution < 1.29 is 4.79 Å². The van der Waals surface area contributed by atoms with Crippen molar-refractivity contribution in [3.8, 4) is 0 Å². The summed E-state index contributed by atoms with van der Waals surface area (Å²) >= 11 is 0. The number of nitrogens with two attached hydrogens (primary N) is 1. The van der Waals surface area contributed by atoms with E-state index in [4.69, 9.17) is 5.73 Å². The molecule has 3 heterocycles. The third-order valence-corrected chi connectivity index (χ3v) is 4.71. The first-order valence-electron chi connectivity index (χ1n) is 8.71. The largest absolute Gasteiger partial charge is 0.365 e. The molecule has 2 N–H and O–H groups in total. The first-order chi connectivity index (χ1) is 11.7. The van der Waals surface area contributed by atoms with Crippen LogP contribution in [-0.4, -0.2) is 33.5 Å². The van der Waals surface area contributed by atoms with E-state index in [0.717, 1.165) is 32.5 Å². The Morgan fingerprint density at radius 1 is 1.29 bits per heavy atom. The highest BCUT2D eigenvalue weighted by atomic mass is 16.1. The van der Waals surface area contributed by atoms with Crippen molar-refractivity contribution in [2.24, 2.45) is 5.73 Å². The Labute approximate surface area is 142 Å². The predicted octanol–water partition coefficient (Wildman–Crippen LogP) is 2.56. The number of carbonyl (C=O) groups excluding carboxylic acids is 1. The van der Waals surface area contributed by atoms with E-state index in [1.165, 1.54) is 18.7 Å². The summed E-state index contributed by atoms with van der Waals surface area (Å²) in [6, 6.07) is 3.50. The second kappa shape index (κ2) is 7.47. The number of anilines is 1. The van der Waals surface area contributed by atoms with Crippen LogP contribution < -0.4 is 10.6 Å². The van der Waals surface area contributed by atoms with Crippen LogP contribution in [0.4, 0.5) is 5.82 Å². The van der Waals surface area contributed by atoms with Gasteiger partial charge in [0.1, 0.15) is 11.6 Å². The molecule has 1 amide bonds. The summed E-state index contributed by atoms with van der Waals surface area (Å²) in [5.74, 6) is 1.95. The molecule has 24 heavy (non-hydrogen) atoms. The van der Waals surface area contributed by atoms with Crippen molar-refractivity contribution in [2.75, 3.05) is 18.0 Å². The molecule has 0 spiro atoms. The molecule has 1 fully saturated rings. The van der Waals surface area contributed by atoms with E-state index in [9.17, 15) is 4.79 Å². The number of imidazole rings is 1. The van der Waals surface area contributed by atoms with Gasteiger partial charge in [-0.1, -0.05) is 13.3 Å². The molecule has 1 saturated heterocycles. The molecule has 2 aromatic rings. The molecule has 1 aliphatic heterocycles. The highest BCUT2D eigenvalue weighted by molar-refractivity contribution is 5.97. The van der Waals surface area contributed by atoms with E-state index >= 15 is 0 Å². The van der Waals surface area contributed by atoms with Gasteiger partial charge in [0.25, 0.3) is 5.91 Å². The molecule has 0 aromatic carbocycles. The number of carbonyl (C=O) groups is 1. The normalized spacial score (nSPS) is 15.6. The second-order valence-corrected chi connectivity index (χ2v) is 6.33. The minimum Gasteiger partial charge on any atom is -0.365 e. The van der Waals surface area contributed by atoms with Gasteiger partial charge in [0.15, 0.2) is 0 Å². The van der Waals surface area contributed by atoms with E-state index in [0.29, 0.717) is 17.3 Å². The number of aryl methyl sites for hydroxylation is 1. The number of amides is 1. The molecule has 1 aliphatic rings. The summed E-state index contributed by atoms with van der Waals surface area (Å²) in [6.45, 7) is 4.97. The molecule has 6 heteroatoms. The summed E-state index contributed by atoms with van der Waals surface area (Å²) in [4.78, 5) is 22.7. The molecule has 0 saturated carbocycles. The van der Waals surface area contributed by atoms with Crippen molar-refractivity contribution in [3.05, 3.63) is 42.1 Å². The summed E-state index contributed by atoms with van der Waals surface area (Å²) < 4.78 is 2.29. The zero-order valence-electron chi connectivity index (χ0n) is 14.2. The summed E-state index contributed by atoms with van der Waals surface area (Å²) in [5, 5.41) is 0. The Morgan fingerprint density at radius 3 is 2.79 bits per heavy atom. The van der Waals surface area contributed by atoms with Gasteiger partial charge in [-0.3, -0.25) is 4.79 Å². The summed E-state index contributed by atoms with van der Waals surface area (Å²) in [6.07, 6.45) is 10.1. The van der Waals surface area contributed by atoms with Gasteiger partial charge in [-0.15, -0.1) is 0 Å². The van der Waals surface area contributed by atoms with Crippen molar-refractivity contribution in [1.82, 2.24) is 14.5 Å². The van der Waals surface area contributed by atoms with Crippen molar-refractivity contribution in [2.45, 2.75) is 45.1 Å². The number of pyridine rings is 1. The molecule has 2 aromatic heterocycles. The number of nitrogens with zero attached hydrogens (tertiary/aromatic N) is 4. The van der Waals surface area contributed by atoms with E-state index in [1.807, 2.05) is 6.20 Å². The maximum Gasteiger partial charge on any atom is 0.252 e. The lowest BCUT2D eigenvalue weighted by molar-refractivity contribution is 0.100. The number of aromatic nitrogens is 3. The first kappa shape index (κ1) is 16.5. The quantitative estimate of drug-likeness (QED) is 0.884. The molecule has 0 radical (unpaired) electrons. The Bertz CT molecular complexity index is 688. The Kier molecular flexibility index (Phi) is 5.13. The topological polar surface area (TPSA) is 77.0 Å². The minimum absolute atomic E-state index is 0.421. The lowest BCUT2D eigenvalue weighted by atomic mass is 9.95. The second-order valence-electron chi connectivity index (χ2n) is 6.33. The Balaban J connectivity index is 1.69. The fourth-order valence-electron chi connectivity index (χ4n) is 3.39. The average Bonchev–Trinajstić information content (AvgIpc) is 3.08. The highest BCUT2D eigenvalue weighted by Crippen LogP contribution is 2.30. The lowest BCUT2D eigenvalue weighted by Gasteiger charge is -2.33. The molecule has 128 valence electrons. The van der Waals surface area contributed by atoms with Gasteiger partial charge in [-0.05, 0) is 31.4 Å². The zero-order chi connectivity index (χ0) is 16.9. The van der Waals surface area contributed by atoms with Crippen LogP contribution in [0.1, 0.15) is 54.7 Å². The lowest BCUT2D eigenvalue weighted by Crippen LogP contribution is -2.35. The maximum atomic E-state index is 11.6. The van der Waals surface area contributed by atoms with Crippen LogP contribution in [0, 0.1) is 0 Å². The van der Waals surface area contributed by atoms with Gasteiger partial charge < -0.3 is 15.2 Å². The van der Waals surface area contributed by atoms with E-state index < -0.39 is 5.91 Å². The number of primary amides is 1. The smallest absolute Gasteiger partial charge is 0.252 e. The minimum atomic E-state index is -0.421. The monoisotopic (exact) mass is 327 g/mol. The van der Waals surface area contributed by atoms with Crippen LogP contribution in [0.15, 0.2) is 30.7 Å². The average molecular weight is 327 g/mol. The number of hydrogen-bond acceptors (Lipinski definition) is 4.